The minimum Gasteiger partial charge on any atom is -0.378 e. The number of anilines is 2. The van der Waals surface area contributed by atoms with E-state index in [0.29, 0.717) is 56.2 Å². The normalized spacial score (nSPS) is 21.0. The fraction of sp³-hybridized carbons (Fsp3) is 0.389. The smallest absolute Gasteiger partial charge is 0.241 e. The van der Waals surface area contributed by atoms with E-state index in [1.807, 2.05) is 37.5 Å². The van der Waals surface area contributed by atoms with Crippen LogP contribution in [-0.4, -0.2) is 106 Å². The van der Waals surface area contributed by atoms with Crippen molar-refractivity contribution in [2.45, 2.75) is 24.5 Å². The lowest BCUT2D eigenvalue weighted by molar-refractivity contribution is -0.118. The van der Waals surface area contributed by atoms with Crippen molar-refractivity contribution in [2.75, 3.05) is 75.5 Å². The van der Waals surface area contributed by atoms with E-state index in [9.17, 15) is 4.79 Å². The van der Waals surface area contributed by atoms with Crippen molar-refractivity contribution in [3.05, 3.63) is 96.5 Å². The predicted octanol–water partition coefficient (Wildman–Crippen LogP) is 5.59. The Hall–Kier alpha value is -4.26. The van der Waals surface area contributed by atoms with Crippen molar-refractivity contribution in [2.24, 2.45) is 0 Å². The van der Waals surface area contributed by atoms with Gasteiger partial charge in [0.05, 0.1) is 18.7 Å². The first-order valence-electron chi connectivity index (χ1n) is 16.3. The molecule has 1 aromatic carbocycles. The summed E-state index contributed by atoms with van der Waals surface area (Å²) in [5.41, 5.74) is 4.57. The topological polar surface area (TPSA) is 103 Å². The van der Waals surface area contributed by atoms with Crippen LogP contribution in [0.4, 0.5) is 15.9 Å². The maximum absolute atomic E-state index is 15.2. The number of allylic oxidation sites excluding steroid dienone is 5. The highest BCUT2D eigenvalue weighted by Crippen LogP contribution is 2.36. The first kappa shape index (κ1) is 33.6. The summed E-state index contributed by atoms with van der Waals surface area (Å²) in [7, 11) is 0. The number of halogens is 1. The van der Waals surface area contributed by atoms with E-state index in [0.717, 1.165) is 66.3 Å². The number of H-pyrrole nitrogens is 1. The molecule has 5 heterocycles. The van der Waals surface area contributed by atoms with Crippen LogP contribution in [-0.2, 0) is 9.53 Å². The van der Waals surface area contributed by atoms with Gasteiger partial charge in [0.2, 0.25) is 5.91 Å². The fourth-order valence-corrected chi connectivity index (χ4v) is 7.31. The van der Waals surface area contributed by atoms with Crippen LogP contribution in [0.3, 0.4) is 0 Å². The molecule has 0 aliphatic carbocycles. The number of carbonyl (C=O) groups is 1. The predicted molar refractivity (Wildman–Crippen MR) is 192 cm³/mol. The van der Waals surface area contributed by atoms with E-state index in [1.54, 1.807) is 36.3 Å². The number of thioether (sulfide) groups is 1. The van der Waals surface area contributed by atoms with Crippen molar-refractivity contribution < 1.29 is 13.9 Å². The molecule has 2 N–H and O–H groups in total. The molecule has 2 aromatic heterocycles. The maximum Gasteiger partial charge on any atom is 0.241 e. The molecule has 0 radical (unpaired) electrons. The number of ether oxygens (including phenoxy) is 1. The van der Waals surface area contributed by atoms with Crippen molar-refractivity contribution in [3.8, 4) is 0 Å². The zero-order valence-electron chi connectivity index (χ0n) is 27.7. The van der Waals surface area contributed by atoms with Gasteiger partial charge in [-0.3, -0.25) is 14.8 Å². The summed E-state index contributed by atoms with van der Waals surface area (Å²) in [4.78, 5) is 29.0. The fourth-order valence-electron chi connectivity index (χ4n) is 6.47. The summed E-state index contributed by atoms with van der Waals surface area (Å²) in [5, 5.41) is 11.9. The molecule has 3 aliphatic heterocycles. The van der Waals surface area contributed by atoms with E-state index in [4.69, 9.17) is 4.74 Å². The van der Waals surface area contributed by atoms with E-state index < -0.39 is 4.75 Å². The van der Waals surface area contributed by atoms with Crippen LogP contribution in [0.2, 0.25) is 0 Å². The molecule has 0 bridgehead atoms. The Balaban J connectivity index is 1.04. The first-order valence-corrected chi connectivity index (χ1v) is 17.5. The number of nitrogens with zero attached hydrogens (tertiary/aromatic N) is 6. The van der Waals surface area contributed by atoms with Gasteiger partial charge >= 0.3 is 0 Å². The molecule has 252 valence electrons. The molecule has 6 rings (SSSR count). The Morgan fingerprint density at radius 1 is 1.19 bits per heavy atom. The molecule has 2 fully saturated rings. The minimum absolute atomic E-state index is 0.0120. The molecule has 12 heteroatoms. The lowest BCUT2D eigenvalue weighted by Crippen LogP contribution is -2.43. The van der Waals surface area contributed by atoms with Crippen LogP contribution >= 0.6 is 11.8 Å². The molecule has 3 aromatic rings. The number of carbonyl (C=O) groups excluding carboxylic acids is 1. The minimum atomic E-state index is -0.564. The summed E-state index contributed by atoms with van der Waals surface area (Å²) in [6.45, 7) is 16.6. The van der Waals surface area contributed by atoms with Crippen LogP contribution in [0.5, 0.6) is 0 Å². The summed E-state index contributed by atoms with van der Waals surface area (Å²) in [6.07, 6.45) is 12.0. The number of amides is 1. The van der Waals surface area contributed by atoms with Crippen LogP contribution in [0, 0.1) is 0 Å². The van der Waals surface area contributed by atoms with Crippen molar-refractivity contribution >= 4 is 45.7 Å². The van der Waals surface area contributed by atoms with Crippen LogP contribution in [0.25, 0.3) is 16.5 Å². The number of benzene rings is 1. The van der Waals surface area contributed by atoms with Gasteiger partial charge < -0.3 is 19.9 Å². The van der Waals surface area contributed by atoms with Crippen LogP contribution in [0.15, 0.2) is 90.7 Å². The van der Waals surface area contributed by atoms with Crippen LogP contribution in [0.1, 0.15) is 25.6 Å². The SMILES string of the molecule is C=C(C(F)=CC(=CC)c1ncccn1)C1=CCN(C(=C)CN2CCC(SC)(C(=O)Nc3ccc4[nH]nc(N5CCOCC5)c4c3)C2)CC1. The molecule has 10 nitrogen and oxygen atoms in total. The summed E-state index contributed by atoms with van der Waals surface area (Å²) >= 11 is 1.61. The Kier molecular flexibility index (Phi) is 10.4. The zero-order chi connectivity index (χ0) is 33.7. The van der Waals surface area contributed by atoms with Crippen molar-refractivity contribution in [1.29, 1.82) is 0 Å². The van der Waals surface area contributed by atoms with Gasteiger partial charge in [0.25, 0.3) is 0 Å². The average Bonchev–Trinajstić information content (AvgIpc) is 3.75. The number of hydrogen-bond donors (Lipinski definition) is 2. The van der Waals surface area contributed by atoms with Gasteiger partial charge in [-0.1, -0.05) is 25.3 Å². The van der Waals surface area contributed by atoms with Gasteiger partial charge in [0, 0.05) is 86.1 Å². The second-order valence-electron chi connectivity index (χ2n) is 12.3. The molecule has 1 atom stereocenters. The average molecular weight is 671 g/mol. The molecule has 2 saturated heterocycles. The van der Waals surface area contributed by atoms with E-state index in [1.165, 1.54) is 6.08 Å². The largest absolute Gasteiger partial charge is 0.378 e. The summed E-state index contributed by atoms with van der Waals surface area (Å²) in [5.74, 6) is 0.987. The van der Waals surface area contributed by atoms with Gasteiger partial charge in [-0.05, 0) is 61.9 Å². The number of aromatic amines is 1. The number of aromatic nitrogens is 4. The van der Waals surface area contributed by atoms with Gasteiger partial charge in [0.1, 0.15) is 10.6 Å². The number of fused-ring (bicyclic) bond motifs is 1. The highest BCUT2D eigenvalue weighted by molar-refractivity contribution is 8.00. The number of morpholine rings is 1. The molecule has 1 unspecified atom stereocenters. The zero-order valence-corrected chi connectivity index (χ0v) is 28.5. The van der Waals surface area contributed by atoms with Gasteiger partial charge in [-0.25, -0.2) is 14.4 Å². The summed E-state index contributed by atoms with van der Waals surface area (Å²) in [6, 6.07) is 7.63. The second kappa shape index (κ2) is 14.9. The van der Waals surface area contributed by atoms with E-state index in [-0.39, 0.29) is 11.7 Å². The number of rotatable bonds is 11. The molecular formula is C36H43FN8O2S. The quantitative estimate of drug-likeness (QED) is 0.253. The third kappa shape index (κ3) is 7.25. The molecule has 0 spiro atoms. The Labute approximate surface area is 285 Å². The Bertz CT molecular complexity index is 1760. The molecule has 0 saturated carbocycles. The first-order chi connectivity index (χ1) is 23.3. The van der Waals surface area contributed by atoms with Gasteiger partial charge in [0.15, 0.2) is 11.6 Å². The van der Waals surface area contributed by atoms with Gasteiger partial charge in [-0.2, -0.15) is 5.10 Å². The standard InChI is InChI=1S/C36H43FN8O2S/c1-5-27(33-38-12-6-13-39-33)21-31(37)26(3)28-9-14-44(15-10-28)25(2)23-43-16-11-36(24-43,48-4)35(46)40-29-7-8-32-30(22-29)34(42-41-32)45-17-19-47-20-18-45/h5-9,12-13,21-22H,2-3,10-11,14-20,23-24H2,1,4H3,(H,40,46)(H,41,42). The Morgan fingerprint density at radius 2 is 1.98 bits per heavy atom. The number of nitrogens with one attached hydrogen (secondary N) is 2. The molecule has 48 heavy (non-hydrogen) atoms. The van der Waals surface area contributed by atoms with Crippen molar-refractivity contribution in [3.63, 3.8) is 0 Å². The molecular weight excluding hydrogens is 628 g/mol. The van der Waals surface area contributed by atoms with E-state index in [2.05, 4.69) is 53.3 Å². The maximum atomic E-state index is 15.2. The summed E-state index contributed by atoms with van der Waals surface area (Å²) < 4.78 is 20.2. The Morgan fingerprint density at radius 3 is 2.69 bits per heavy atom. The van der Waals surface area contributed by atoms with E-state index >= 15 is 4.39 Å². The third-order valence-corrected chi connectivity index (χ3v) is 10.7. The van der Waals surface area contributed by atoms with Crippen molar-refractivity contribution in [1.82, 2.24) is 30.0 Å². The lowest BCUT2D eigenvalue weighted by atomic mass is 9.98. The van der Waals surface area contributed by atoms with Crippen LogP contribution < -0.4 is 10.2 Å². The third-order valence-electron chi connectivity index (χ3n) is 9.38. The lowest BCUT2D eigenvalue weighted by Gasteiger charge is -2.33. The second-order valence-corrected chi connectivity index (χ2v) is 13.5. The highest BCUT2D eigenvalue weighted by Gasteiger charge is 2.44. The highest BCUT2D eigenvalue weighted by atomic mass is 32.2. The monoisotopic (exact) mass is 670 g/mol. The molecule has 1 amide bonds. The van der Waals surface area contributed by atoms with Gasteiger partial charge in [-0.15, -0.1) is 11.8 Å². The number of hydrogen-bond acceptors (Lipinski definition) is 9. The molecule has 3 aliphatic rings. The number of likely N-dealkylation sites (tertiary alicyclic amines) is 1.